The highest BCUT2D eigenvalue weighted by atomic mass is 35.5. The van der Waals surface area contributed by atoms with Gasteiger partial charge in [-0.15, -0.1) is 0 Å². The van der Waals surface area contributed by atoms with Gasteiger partial charge in [0, 0.05) is 10.6 Å². The summed E-state index contributed by atoms with van der Waals surface area (Å²) in [6.45, 7) is 9.55. The smallest absolute Gasteiger partial charge is 0.138 e. The maximum absolute atomic E-state index is 6.07. The Hall–Kier alpha value is -0.440. The number of halogens is 2. The van der Waals surface area contributed by atoms with Crippen LogP contribution in [0.15, 0.2) is 18.2 Å². The SMILES string of the molecule is CC(CCCNC(C)(C)C)Oc1ccc(Cl)cc1Cl. The van der Waals surface area contributed by atoms with Gasteiger partial charge in [-0.2, -0.15) is 0 Å². The molecule has 19 heavy (non-hydrogen) atoms. The van der Waals surface area contributed by atoms with Crippen molar-refractivity contribution in [1.29, 1.82) is 0 Å². The molecule has 0 radical (unpaired) electrons. The van der Waals surface area contributed by atoms with E-state index >= 15 is 0 Å². The fraction of sp³-hybridized carbons (Fsp3) is 0.600. The van der Waals surface area contributed by atoms with E-state index in [1.54, 1.807) is 12.1 Å². The summed E-state index contributed by atoms with van der Waals surface area (Å²) in [6, 6.07) is 5.30. The highest BCUT2D eigenvalue weighted by molar-refractivity contribution is 6.35. The van der Waals surface area contributed by atoms with Gasteiger partial charge in [0.15, 0.2) is 0 Å². The van der Waals surface area contributed by atoms with Crippen molar-refractivity contribution in [1.82, 2.24) is 5.32 Å². The predicted molar refractivity (Wildman–Crippen MR) is 83.5 cm³/mol. The molecule has 1 N–H and O–H groups in total. The zero-order valence-electron chi connectivity index (χ0n) is 12.1. The maximum Gasteiger partial charge on any atom is 0.138 e. The molecule has 108 valence electrons. The molecule has 1 aromatic rings. The van der Waals surface area contributed by atoms with E-state index in [1.165, 1.54) is 0 Å². The van der Waals surface area contributed by atoms with Gasteiger partial charge in [-0.25, -0.2) is 0 Å². The summed E-state index contributed by atoms with van der Waals surface area (Å²) in [5.41, 5.74) is 0.170. The van der Waals surface area contributed by atoms with Gasteiger partial charge >= 0.3 is 0 Å². The molecule has 0 bridgehead atoms. The van der Waals surface area contributed by atoms with E-state index in [9.17, 15) is 0 Å². The van der Waals surface area contributed by atoms with Crippen LogP contribution in [0.2, 0.25) is 10.0 Å². The van der Waals surface area contributed by atoms with Gasteiger partial charge in [0.05, 0.1) is 11.1 Å². The van der Waals surface area contributed by atoms with Crippen LogP contribution in [0, 0.1) is 0 Å². The Bertz CT molecular complexity index is 402. The predicted octanol–water partition coefficient (Wildman–Crippen LogP) is 4.93. The molecule has 0 fully saturated rings. The molecule has 2 nitrogen and oxygen atoms in total. The number of benzene rings is 1. The molecule has 1 atom stereocenters. The zero-order chi connectivity index (χ0) is 14.5. The number of nitrogens with one attached hydrogen (secondary N) is 1. The standard InChI is InChI=1S/C15H23Cl2NO/c1-11(6-5-9-18-15(2,3)4)19-14-8-7-12(16)10-13(14)17/h7-8,10-11,18H,5-6,9H2,1-4H3. The first kappa shape index (κ1) is 16.6. The van der Waals surface area contributed by atoms with Gasteiger partial charge in [-0.3, -0.25) is 0 Å². The van der Waals surface area contributed by atoms with Crippen LogP contribution in [-0.2, 0) is 0 Å². The van der Waals surface area contributed by atoms with E-state index in [0.29, 0.717) is 15.8 Å². The minimum absolute atomic E-state index is 0.139. The Morgan fingerprint density at radius 2 is 1.95 bits per heavy atom. The third kappa shape index (κ3) is 7.05. The van der Waals surface area contributed by atoms with Gasteiger partial charge in [0.25, 0.3) is 0 Å². The van der Waals surface area contributed by atoms with Crippen molar-refractivity contribution >= 4 is 23.2 Å². The topological polar surface area (TPSA) is 21.3 Å². The lowest BCUT2D eigenvalue weighted by Gasteiger charge is -2.21. The second-order valence-corrected chi connectivity index (χ2v) is 6.67. The van der Waals surface area contributed by atoms with Gasteiger partial charge in [-0.1, -0.05) is 23.2 Å². The first-order valence-corrected chi connectivity index (χ1v) is 7.40. The lowest BCUT2D eigenvalue weighted by Crippen LogP contribution is -2.36. The number of hydrogen-bond donors (Lipinski definition) is 1. The third-order valence-corrected chi connectivity index (χ3v) is 3.20. The molecule has 1 unspecified atom stereocenters. The third-order valence-electron chi connectivity index (χ3n) is 2.66. The Morgan fingerprint density at radius 1 is 1.26 bits per heavy atom. The summed E-state index contributed by atoms with van der Waals surface area (Å²) >= 11 is 11.9. The summed E-state index contributed by atoms with van der Waals surface area (Å²) in [5.74, 6) is 0.697. The molecule has 4 heteroatoms. The van der Waals surface area contributed by atoms with E-state index in [1.807, 2.05) is 6.07 Å². The fourth-order valence-electron chi connectivity index (χ4n) is 1.70. The Morgan fingerprint density at radius 3 is 2.53 bits per heavy atom. The summed E-state index contributed by atoms with van der Waals surface area (Å²) in [7, 11) is 0. The van der Waals surface area contributed by atoms with Crippen LogP contribution in [-0.4, -0.2) is 18.2 Å². The fourth-order valence-corrected chi connectivity index (χ4v) is 2.15. The van der Waals surface area contributed by atoms with Crippen molar-refractivity contribution in [3.8, 4) is 5.75 Å². The van der Waals surface area contributed by atoms with E-state index in [-0.39, 0.29) is 11.6 Å². The van der Waals surface area contributed by atoms with Gasteiger partial charge in [0.2, 0.25) is 0 Å². The van der Waals surface area contributed by atoms with Crippen LogP contribution in [0.1, 0.15) is 40.5 Å². The van der Waals surface area contributed by atoms with Crippen LogP contribution in [0.25, 0.3) is 0 Å². The molecule has 0 aromatic heterocycles. The van der Waals surface area contributed by atoms with Crippen molar-refractivity contribution in [3.05, 3.63) is 28.2 Å². The van der Waals surface area contributed by atoms with Crippen molar-refractivity contribution in [3.63, 3.8) is 0 Å². The molecular formula is C15H23Cl2NO. The Labute approximate surface area is 126 Å². The monoisotopic (exact) mass is 303 g/mol. The molecule has 0 saturated carbocycles. The van der Waals surface area contributed by atoms with Crippen LogP contribution in [0.3, 0.4) is 0 Å². The molecule has 0 saturated heterocycles. The van der Waals surface area contributed by atoms with Gasteiger partial charge in [-0.05, 0) is 65.3 Å². The molecule has 1 rings (SSSR count). The largest absolute Gasteiger partial charge is 0.489 e. The highest BCUT2D eigenvalue weighted by Crippen LogP contribution is 2.28. The number of rotatable bonds is 6. The zero-order valence-corrected chi connectivity index (χ0v) is 13.6. The minimum Gasteiger partial charge on any atom is -0.489 e. The Kier molecular flexibility index (Phi) is 6.45. The molecule has 0 heterocycles. The molecule has 1 aromatic carbocycles. The molecule has 0 amide bonds. The van der Waals surface area contributed by atoms with Crippen molar-refractivity contribution in [2.24, 2.45) is 0 Å². The summed E-state index contributed by atoms with van der Waals surface area (Å²) in [4.78, 5) is 0. The molecular weight excluding hydrogens is 281 g/mol. The van der Waals surface area contributed by atoms with Gasteiger partial charge in [0.1, 0.15) is 5.75 Å². The second kappa shape index (κ2) is 7.37. The Balaban J connectivity index is 2.33. The van der Waals surface area contributed by atoms with Crippen LogP contribution < -0.4 is 10.1 Å². The second-order valence-electron chi connectivity index (χ2n) is 5.82. The summed E-state index contributed by atoms with van der Waals surface area (Å²) in [6.07, 6.45) is 2.20. The minimum atomic E-state index is 0.139. The van der Waals surface area contributed by atoms with E-state index in [0.717, 1.165) is 19.4 Å². The lowest BCUT2D eigenvalue weighted by atomic mass is 10.1. The van der Waals surface area contributed by atoms with Crippen molar-refractivity contribution in [2.75, 3.05) is 6.54 Å². The van der Waals surface area contributed by atoms with Gasteiger partial charge < -0.3 is 10.1 Å². The van der Waals surface area contributed by atoms with E-state index in [2.05, 4.69) is 33.0 Å². The van der Waals surface area contributed by atoms with E-state index < -0.39 is 0 Å². The molecule has 0 spiro atoms. The lowest BCUT2D eigenvalue weighted by molar-refractivity contribution is 0.206. The highest BCUT2D eigenvalue weighted by Gasteiger charge is 2.10. The molecule has 0 aliphatic rings. The first-order chi connectivity index (χ1) is 8.78. The number of ether oxygens (including phenoxy) is 1. The average Bonchev–Trinajstić information content (AvgIpc) is 2.27. The van der Waals surface area contributed by atoms with Crippen LogP contribution in [0.5, 0.6) is 5.75 Å². The number of hydrogen-bond acceptors (Lipinski definition) is 2. The van der Waals surface area contributed by atoms with Crippen LogP contribution in [0.4, 0.5) is 0 Å². The normalized spacial score (nSPS) is 13.4. The van der Waals surface area contributed by atoms with Crippen molar-refractivity contribution in [2.45, 2.75) is 52.2 Å². The molecule has 0 aliphatic heterocycles. The maximum atomic E-state index is 6.07. The van der Waals surface area contributed by atoms with Crippen LogP contribution >= 0.6 is 23.2 Å². The quantitative estimate of drug-likeness (QED) is 0.752. The van der Waals surface area contributed by atoms with Crippen molar-refractivity contribution < 1.29 is 4.74 Å². The molecule has 0 aliphatic carbocycles. The summed E-state index contributed by atoms with van der Waals surface area (Å²) in [5, 5.41) is 4.65. The first-order valence-electron chi connectivity index (χ1n) is 6.64. The van der Waals surface area contributed by atoms with E-state index in [4.69, 9.17) is 27.9 Å². The summed E-state index contributed by atoms with van der Waals surface area (Å²) < 4.78 is 5.81. The average molecular weight is 304 g/mol.